The molecule has 0 saturated heterocycles. The first-order valence-electron chi connectivity index (χ1n) is 3.60. The zero-order valence-electron chi connectivity index (χ0n) is 5.92. The number of aromatic nitrogens is 2. The van der Waals surface area contributed by atoms with E-state index in [0.717, 1.165) is 9.65 Å². The first kappa shape index (κ1) is 7.27. The van der Waals surface area contributed by atoms with Crippen LogP contribution in [0.15, 0.2) is 12.3 Å². The zero-order valence-corrected chi connectivity index (χ0v) is 8.08. The predicted molar refractivity (Wildman–Crippen MR) is 51.4 cm³/mol. The van der Waals surface area contributed by atoms with Gasteiger partial charge in [0.2, 0.25) is 5.95 Å². The van der Waals surface area contributed by atoms with E-state index in [1.165, 1.54) is 12.8 Å². The van der Waals surface area contributed by atoms with E-state index in [2.05, 4.69) is 37.9 Å². The molecule has 1 heterocycles. The molecule has 1 aromatic heterocycles. The van der Waals surface area contributed by atoms with Gasteiger partial charge in [0.15, 0.2) is 0 Å². The summed E-state index contributed by atoms with van der Waals surface area (Å²) in [4.78, 5) is 8.31. The molecule has 1 N–H and O–H groups in total. The highest BCUT2D eigenvalue weighted by atomic mass is 127. The first-order valence-corrected chi connectivity index (χ1v) is 4.67. The standard InChI is InChI=1S/C7H8IN3/c8-6-3-4-9-7(11-6)10-5-1-2-5/h3-5H,1-2H2,(H,9,10,11). The molecule has 1 aliphatic carbocycles. The fraction of sp³-hybridized carbons (Fsp3) is 0.429. The van der Waals surface area contributed by atoms with Crippen molar-refractivity contribution in [1.82, 2.24) is 9.97 Å². The number of halogens is 1. The quantitative estimate of drug-likeness (QED) is 0.649. The molecular formula is C7H8IN3. The maximum absolute atomic E-state index is 4.22. The second-order valence-electron chi connectivity index (χ2n) is 2.62. The van der Waals surface area contributed by atoms with Crippen molar-refractivity contribution in [2.24, 2.45) is 0 Å². The summed E-state index contributed by atoms with van der Waals surface area (Å²) in [6, 6.07) is 2.52. The van der Waals surface area contributed by atoms with E-state index in [1.807, 2.05) is 6.07 Å². The van der Waals surface area contributed by atoms with Gasteiger partial charge >= 0.3 is 0 Å². The normalized spacial score (nSPS) is 16.5. The number of anilines is 1. The summed E-state index contributed by atoms with van der Waals surface area (Å²) >= 11 is 2.18. The molecule has 0 amide bonds. The summed E-state index contributed by atoms with van der Waals surface area (Å²) in [5, 5.41) is 3.23. The first-order chi connectivity index (χ1) is 5.34. The second kappa shape index (κ2) is 2.92. The van der Waals surface area contributed by atoms with Gasteiger partial charge < -0.3 is 5.32 Å². The third kappa shape index (κ3) is 2.02. The van der Waals surface area contributed by atoms with Gasteiger partial charge in [0.05, 0.1) is 0 Å². The molecule has 0 unspecified atom stereocenters. The van der Waals surface area contributed by atoms with Crippen LogP contribution in [0.4, 0.5) is 5.95 Å². The maximum Gasteiger partial charge on any atom is 0.223 e. The molecule has 0 aromatic carbocycles. The monoisotopic (exact) mass is 261 g/mol. The van der Waals surface area contributed by atoms with Gasteiger partial charge in [0.25, 0.3) is 0 Å². The Labute approximate surface area is 78.8 Å². The van der Waals surface area contributed by atoms with Crippen LogP contribution in [0, 0.1) is 3.70 Å². The van der Waals surface area contributed by atoms with Crippen LogP contribution < -0.4 is 5.32 Å². The Kier molecular flexibility index (Phi) is 1.93. The third-order valence-corrected chi connectivity index (χ3v) is 2.13. The average molecular weight is 261 g/mol. The highest BCUT2D eigenvalue weighted by Crippen LogP contribution is 2.22. The Hall–Kier alpha value is -0.390. The molecular weight excluding hydrogens is 253 g/mol. The Bertz CT molecular complexity index is 260. The van der Waals surface area contributed by atoms with E-state index in [9.17, 15) is 0 Å². The highest BCUT2D eigenvalue weighted by Gasteiger charge is 2.21. The van der Waals surface area contributed by atoms with Crippen molar-refractivity contribution in [3.8, 4) is 0 Å². The number of hydrogen-bond donors (Lipinski definition) is 1. The van der Waals surface area contributed by atoms with Crippen molar-refractivity contribution in [1.29, 1.82) is 0 Å². The summed E-state index contributed by atoms with van der Waals surface area (Å²) in [6.07, 6.45) is 4.29. The molecule has 0 bridgehead atoms. The molecule has 4 heteroatoms. The van der Waals surface area contributed by atoms with E-state index in [1.54, 1.807) is 6.20 Å². The van der Waals surface area contributed by atoms with Gasteiger partial charge in [-0.3, -0.25) is 0 Å². The minimum atomic E-state index is 0.633. The van der Waals surface area contributed by atoms with E-state index < -0.39 is 0 Å². The van der Waals surface area contributed by atoms with Gasteiger partial charge in [-0.25, -0.2) is 9.97 Å². The predicted octanol–water partition coefficient (Wildman–Crippen LogP) is 1.66. The molecule has 1 fully saturated rings. The van der Waals surface area contributed by atoms with Crippen LogP contribution >= 0.6 is 22.6 Å². The second-order valence-corrected chi connectivity index (χ2v) is 3.73. The summed E-state index contributed by atoms with van der Waals surface area (Å²) < 4.78 is 0.987. The lowest BCUT2D eigenvalue weighted by molar-refractivity contribution is 1.04. The van der Waals surface area contributed by atoms with Gasteiger partial charge in [-0.2, -0.15) is 0 Å². The van der Waals surface area contributed by atoms with E-state index in [0.29, 0.717) is 6.04 Å². The molecule has 58 valence electrons. The molecule has 0 atom stereocenters. The topological polar surface area (TPSA) is 37.8 Å². The van der Waals surface area contributed by atoms with Gasteiger partial charge in [-0.15, -0.1) is 0 Å². The van der Waals surface area contributed by atoms with Crippen LogP contribution in [0.1, 0.15) is 12.8 Å². The minimum Gasteiger partial charge on any atom is -0.351 e. The zero-order chi connectivity index (χ0) is 7.68. The number of rotatable bonds is 2. The molecule has 0 aliphatic heterocycles. The van der Waals surface area contributed by atoms with Crippen molar-refractivity contribution in [3.63, 3.8) is 0 Å². The highest BCUT2D eigenvalue weighted by molar-refractivity contribution is 14.1. The van der Waals surface area contributed by atoms with Crippen LogP contribution in [0.5, 0.6) is 0 Å². The van der Waals surface area contributed by atoms with E-state index >= 15 is 0 Å². The fourth-order valence-electron chi connectivity index (χ4n) is 0.816. The lowest BCUT2D eigenvalue weighted by Gasteiger charge is -2.00. The Morgan fingerprint density at radius 1 is 1.55 bits per heavy atom. The molecule has 1 aromatic rings. The largest absolute Gasteiger partial charge is 0.351 e. The van der Waals surface area contributed by atoms with Gasteiger partial charge in [0.1, 0.15) is 3.70 Å². The Balaban J connectivity index is 2.10. The summed E-state index contributed by atoms with van der Waals surface area (Å²) in [5.74, 6) is 0.763. The van der Waals surface area contributed by atoms with E-state index in [-0.39, 0.29) is 0 Å². The minimum absolute atomic E-state index is 0.633. The number of nitrogens with zero attached hydrogens (tertiary/aromatic N) is 2. The van der Waals surface area contributed by atoms with Crippen LogP contribution in [-0.4, -0.2) is 16.0 Å². The van der Waals surface area contributed by atoms with Crippen LogP contribution in [-0.2, 0) is 0 Å². The lowest BCUT2D eigenvalue weighted by atomic mass is 10.6. The molecule has 2 rings (SSSR count). The maximum atomic E-state index is 4.22. The van der Waals surface area contributed by atoms with Gasteiger partial charge in [-0.05, 0) is 41.5 Å². The van der Waals surface area contributed by atoms with Crippen molar-refractivity contribution < 1.29 is 0 Å². The molecule has 1 aliphatic rings. The summed E-state index contributed by atoms with van der Waals surface area (Å²) in [7, 11) is 0. The molecule has 0 radical (unpaired) electrons. The van der Waals surface area contributed by atoms with Crippen molar-refractivity contribution >= 4 is 28.5 Å². The smallest absolute Gasteiger partial charge is 0.223 e. The van der Waals surface area contributed by atoms with E-state index in [4.69, 9.17) is 0 Å². The summed E-state index contributed by atoms with van der Waals surface area (Å²) in [6.45, 7) is 0. The van der Waals surface area contributed by atoms with Crippen molar-refractivity contribution in [3.05, 3.63) is 16.0 Å². The van der Waals surface area contributed by atoms with Crippen LogP contribution in [0.25, 0.3) is 0 Å². The van der Waals surface area contributed by atoms with Crippen LogP contribution in [0.2, 0.25) is 0 Å². The number of nitrogens with one attached hydrogen (secondary N) is 1. The van der Waals surface area contributed by atoms with Gasteiger partial charge in [-0.1, -0.05) is 0 Å². The summed E-state index contributed by atoms with van der Waals surface area (Å²) in [5.41, 5.74) is 0. The van der Waals surface area contributed by atoms with Crippen molar-refractivity contribution in [2.45, 2.75) is 18.9 Å². The van der Waals surface area contributed by atoms with Crippen molar-refractivity contribution in [2.75, 3.05) is 5.32 Å². The third-order valence-electron chi connectivity index (χ3n) is 1.53. The average Bonchev–Trinajstić information content (AvgIpc) is 2.71. The molecule has 1 saturated carbocycles. The van der Waals surface area contributed by atoms with Crippen LogP contribution in [0.3, 0.4) is 0 Å². The fourth-order valence-corrected chi connectivity index (χ4v) is 1.21. The molecule has 3 nitrogen and oxygen atoms in total. The van der Waals surface area contributed by atoms with Gasteiger partial charge in [0, 0.05) is 12.2 Å². The Morgan fingerprint density at radius 2 is 2.36 bits per heavy atom. The number of hydrogen-bond acceptors (Lipinski definition) is 3. The molecule has 11 heavy (non-hydrogen) atoms. The molecule has 0 spiro atoms. The lowest BCUT2D eigenvalue weighted by Crippen LogP contribution is -2.05. The Morgan fingerprint density at radius 3 is 3.00 bits per heavy atom. The SMILES string of the molecule is Ic1ccnc(NC2CC2)n1.